The normalized spacial score (nSPS) is 17.5. The number of benzene rings is 1. The van der Waals surface area contributed by atoms with Gasteiger partial charge in [0.05, 0.1) is 18.1 Å². The van der Waals surface area contributed by atoms with Crippen LogP contribution in [-0.2, 0) is 9.53 Å². The predicted molar refractivity (Wildman–Crippen MR) is 79.9 cm³/mol. The topological polar surface area (TPSA) is 49.8 Å². The smallest absolute Gasteiger partial charge is 0.266 e. The number of phenolic OH excluding ortho intramolecular Hbond substituents is 1. The van der Waals surface area contributed by atoms with Gasteiger partial charge in [-0.2, -0.15) is 0 Å². The predicted octanol–water partition coefficient (Wildman–Crippen LogP) is 2.24. The molecule has 4 nitrogen and oxygen atoms in total. The van der Waals surface area contributed by atoms with Crippen molar-refractivity contribution in [2.45, 2.75) is 0 Å². The fraction of sp³-hybridized carbons (Fsp3) is 0.231. The largest absolute Gasteiger partial charge is 0.507 e. The van der Waals surface area contributed by atoms with Gasteiger partial charge in [-0.1, -0.05) is 42.2 Å². The number of aromatic hydroxyl groups is 1. The number of carbonyl (C=O) groups is 1. The van der Waals surface area contributed by atoms with Crippen molar-refractivity contribution in [2.75, 3.05) is 20.3 Å². The number of para-hydroxylation sites is 1. The van der Waals surface area contributed by atoms with Crippen LogP contribution in [0.25, 0.3) is 6.08 Å². The van der Waals surface area contributed by atoms with E-state index in [0.717, 1.165) is 0 Å². The average Bonchev–Trinajstić information content (AvgIpc) is 2.65. The van der Waals surface area contributed by atoms with Crippen LogP contribution in [0.3, 0.4) is 0 Å². The number of thioether (sulfide) groups is 1. The fourth-order valence-corrected chi connectivity index (χ4v) is 2.93. The van der Waals surface area contributed by atoms with Gasteiger partial charge in [0.2, 0.25) is 0 Å². The van der Waals surface area contributed by atoms with Crippen LogP contribution in [-0.4, -0.2) is 40.5 Å². The molecule has 1 N–H and O–H groups in total. The zero-order valence-electron chi connectivity index (χ0n) is 10.3. The lowest BCUT2D eigenvalue weighted by molar-refractivity contribution is -0.122. The highest BCUT2D eigenvalue weighted by Gasteiger charge is 2.31. The number of phenols is 1. The SMILES string of the molecule is COCCN1C(=O)C(=Cc2ccccc2O)SC1=S. The van der Waals surface area contributed by atoms with E-state index in [-0.39, 0.29) is 11.7 Å². The molecule has 0 spiro atoms. The maximum atomic E-state index is 12.1. The number of hydrogen-bond donors (Lipinski definition) is 1. The summed E-state index contributed by atoms with van der Waals surface area (Å²) in [6, 6.07) is 6.86. The van der Waals surface area contributed by atoms with Crippen molar-refractivity contribution >= 4 is 40.3 Å². The fourth-order valence-electron chi connectivity index (χ4n) is 1.63. The Labute approximate surface area is 121 Å². The first-order chi connectivity index (χ1) is 9.13. The molecule has 19 heavy (non-hydrogen) atoms. The summed E-state index contributed by atoms with van der Waals surface area (Å²) < 4.78 is 5.47. The maximum absolute atomic E-state index is 12.1. The second-order valence-corrected chi connectivity index (χ2v) is 5.56. The van der Waals surface area contributed by atoms with Crippen molar-refractivity contribution in [3.63, 3.8) is 0 Å². The Morgan fingerprint density at radius 2 is 2.21 bits per heavy atom. The van der Waals surface area contributed by atoms with Crippen LogP contribution in [0.2, 0.25) is 0 Å². The molecule has 0 unspecified atom stereocenters. The van der Waals surface area contributed by atoms with Crippen LogP contribution < -0.4 is 0 Å². The number of hydrogen-bond acceptors (Lipinski definition) is 5. The molecule has 100 valence electrons. The molecule has 0 atom stereocenters. The number of methoxy groups -OCH3 is 1. The number of nitrogens with zero attached hydrogens (tertiary/aromatic N) is 1. The van der Waals surface area contributed by atoms with E-state index < -0.39 is 0 Å². The summed E-state index contributed by atoms with van der Waals surface area (Å²) in [4.78, 5) is 14.2. The zero-order valence-corrected chi connectivity index (χ0v) is 12.0. The van der Waals surface area contributed by atoms with Crippen LogP contribution in [0.4, 0.5) is 0 Å². The third-order valence-electron chi connectivity index (χ3n) is 2.62. The molecule has 0 aliphatic carbocycles. The first kappa shape index (κ1) is 14.0. The lowest BCUT2D eigenvalue weighted by Gasteiger charge is -2.12. The summed E-state index contributed by atoms with van der Waals surface area (Å²) in [5.41, 5.74) is 0.606. The molecule has 6 heteroatoms. The minimum atomic E-state index is -0.143. The Bertz CT molecular complexity index is 542. The molecule has 0 radical (unpaired) electrons. The van der Waals surface area contributed by atoms with Crippen LogP contribution >= 0.6 is 24.0 Å². The Morgan fingerprint density at radius 3 is 2.89 bits per heavy atom. The molecular formula is C13H13NO3S2. The number of thiocarbonyl (C=S) groups is 1. The van der Waals surface area contributed by atoms with Gasteiger partial charge >= 0.3 is 0 Å². The summed E-state index contributed by atoms with van der Waals surface area (Å²) in [5.74, 6) is -0.0000343. The van der Waals surface area contributed by atoms with Gasteiger partial charge in [-0.3, -0.25) is 9.69 Å². The summed E-state index contributed by atoms with van der Waals surface area (Å²) in [6.07, 6.45) is 1.65. The molecule has 2 rings (SSSR count). The van der Waals surface area contributed by atoms with Crippen LogP contribution in [0, 0.1) is 0 Å². The molecular weight excluding hydrogens is 282 g/mol. The van der Waals surface area contributed by atoms with Crippen LogP contribution in [0.15, 0.2) is 29.2 Å². The second kappa shape index (κ2) is 6.18. The van der Waals surface area contributed by atoms with Gasteiger partial charge in [-0.25, -0.2) is 0 Å². The molecule has 1 aromatic carbocycles. The van der Waals surface area contributed by atoms with Crippen molar-refractivity contribution in [3.05, 3.63) is 34.7 Å². The zero-order chi connectivity index (χ0) is 13.8. The first-order valence-electron chi connectivity index (χ1n) is 5.66. The van der Waals surface area contributed by atoms with E-state index in [1.807, 2.05) is 0 Å². The summed E-state index contributed by atoms with van der Waals surface area (Å²) >= 11 is 6.40. The van der Waals surface area contributed by atoms with Crippen LogP contribution in [0.5, 0.6) is 5.75 Å². The summed E-state index contributed by atoms with van der Waals surface area (Å²) in [7, 11) is 1.58. The van der Waals surface area contributed by atoms with Gasteiger partial charge in [0, 0.05) is 12.7 Å². The highest BCUT2D eigenvalue weighted by Crippen LogP contribution is 2.33. The monoisotopic (exact) mass is 295 g/mol. The molecule has 1 heterocycles. The Balaban J connectivity index is 2.21. The third-order valence-corrected chi connectivity index (χ3v) is 3.99. The van der Waals surface area contributed by atoms with Crippen molar-refractivity contribution in [1.29, 1.82) is 0 Å². The minimum absolute atomic E-state index is 0.143. The highest BCUT2D eigenvalue weighted by atomic mass is 32.2. The Kier molecular flexibility index (Phi) is 4.57. The Hall–Kier alpha value is -1.37. The Morgan fingerprint density at radius 1 is 1.47 bits per heavy atom. The number of ether oxygens (including phenoxy) is 1. The van der Waals surface area contributed by atoms with E-state index in [2.05, 4.69) is 0 Å². The standard InChI is InChI=1S/C13H13NO3S2/c1-17-7-6-14-12(16)11(19-13(14)18)8-9-4-2-3-5-10(9)15/h2-5,8,15H,6-7H2,1H3. The second-order valence-electron chi connectivity index (χ2n) is 3.88. The third kappa shape index (κ3) is 3.15. The minimum Gasteiger partial charge on any atom is -0.507 e. The first-order valence-corrected chi connectivity index (χ1v) is 6.88. The van der Waals surface area contributed by atoms with Gasteiger partial charge in [0.25, 0.3) is 5.91 Å². The lowest BCUT2D eigenvalue weighted by Crippen LogP contribution is -2.31. The summed E-state index contributed by atoms with van der Waals surface area (Å²) in [5, 5.41) is 9.70. The molecule has 0 bridgehead atoms. The quantitative estimate of drug-likeness (QED) is 0.682. The average molecular weight is 295 g/mol. The van der Waals surface area contributed by atoms with Gasteiger partial charge in [0.15, 0.2) is 0 Å². The molecule has 1 aliphatic heterocycles. The van der Waals surface area contributed by atoms with E-state index in [9.17, 15) is 9.90 Å². The van der Waals surface area contributed by atoms with Gasteiger partial charge in [0.1, 0.15) is 10.1 Å². The van der Waals surface area contributed by atoms with E-state index in [1.54, 1.807) is 37.5 Å². The van der Waals surface area contributed by atoms with Crippen molar-refractivity contribution in [3.8, 4) is 5.75 Å². The molecule has 1 fully saturated rings. The van der Waals surface area contributed by atoms with Crippen molar-refractivity contribution in [1.82, 2.24) is 4.90 Å². The number of amides is 1. The molecule has 0 aromatic heterocycles. The molecule has 1 aliphatic rings. The van der Waals surface area contributed by atoms with Gasteiger partial charge < -0.3 is 9.84 Å². The molecule has 1 saturated heterocycles. The molecule has 1 aromatic rings. The molecule has 0 saturated carbocycles. The van der Waals surface area contributed by atoms with Gasteiger partial charge in [-0.05, 0) is 12.1 Å². The molecule has 1 amide bonds. The highest BCUT2D eigenvalue weighted by molar-refractivity contribution is 8.26. The van der Waals surface area contributed by atoms with E-state index in [4.69, 9.17) is 17.0 Å². The number of carbonyl (C=O) groups excluding carboxylic acids is 1. The lowest BCUT2D eigenvalue weighted by atomic mass is 10.2. The summed E-state index contributed by atoms with van der Waals surface area (Å²) in [6.45, 7) is 0.885. The van der Waals surface area contributed by atoms with Crippen molar-refractivity contribution < 1.29 is 14.6 Å². The van der Waals surface area contributed by atoms with E-state index in [1.165, 1.54) is 16.7 Å². The van der Waals surface area contributed by atoms with Gasteiger partial charge in [-0.15, -0.1) is 0 Å². The van der Waals surface area contributed by atoms with E-state index >= 15 is 0 Å². The van der Waals surface area contributed by atoms with E-state index in [0.29, 0.717) is 27.9 Å². The number of rotatable bonds is 4. The van der Waals surface area contributed by atoms with Crippen LogP contribution in [0.1, 0.15) is 5.56 Å². The maximum Gasteiger partial charge on any atom is 0.266 e. The van der Waals surface area contributed by atoms with Crippen molar-refractivity contribution in [2.24, 2.45) is 0 Å².